The number of furan rings is 1. The Balaban J connectivity index is 1.64. The highest BCUT2D eigenvalue weighted by Crippen LogP contribution is 2.30. The summed E-state index contributed by atoms with van der Waals surface area (Å²) < 4.78 is 31.4. The molecule has 0 aliphatic carbocycles. The molecule has 4 aromatic rings. The number of hydrogen-bond acceptors (Lipinski definition) is 6. The van der Waals surface area contributed by atoms with Crippen LogP contribution in [0.15, 0.2) is 65.6 Å². The third-order valence-corrected chi connectivity index (χ3v) is 6.07. The summed E-state index contributed by atoms with van der Waals surface area (Å²) in [4.78, 5) is 18.8. The van der Waals surface area contributed by atoms with Crippen LogP contribution in [0.25, 0.3) is 16.7 Å². The highest BCUT2D eigenvalue weighted by molar-refractivity contribution is 7.89. The molecule has 0 saturated carbocycles. The number of fused-ring (bicyclic) bond motifs is 1. The summed E-state index contributed by atoms with van der Waals surface area (Å²) in [5.74, 6) is -0.581. The molecule has 8 nitrogen and oxygen atoms in total. The van der Waals surface area contributed by atoms with Gasteiger partial charge in [0.25, 0.3) is 5.91 Å². The molecule has 0 aliphatic heterocycles. The van der Waals surface area contributed by atoms with Crippen LogP contribution in [-0.4, -0.2) is 47.3 Å². The van der Waals surface area contributed by atoms with Crippen LogP contribution < -0.4 is 0 Å². The number of nitrogens with zero attached hydrogens (tertiary/aromatic N) is 4. The van der Waals surface area contributed by atoms with Gasteiger partial charge in [-0.1, -0.05) is 30.3 Å². The highest BCUT2D eigenvalue weighted by atomic mass is 32.2. The molecule has 9 heteroatoms. The van der Waals surface area contributed by atoms with Crippen LogP contribution in [0.1, 0.15) is 34.6 Å². The third kappa shape index (κ3) is 4.22. The molecule has 2 heterocycles. The van der Waals surface area contributed by atoms with Crippen molar-refractivity contribution in [3.63, 3.8) is 0 Å². The molecule has 0 spiro atoms. The van der Waals surface area contributed by atoms with Gasteiger partial charge < -0.3 is 9.32 Å². The summed E-state index contributed by atoms with van der Waals surface area (Å²) >= 11 is 0. The highest BCUT2D eigenvalue weighted by Gasteiger charge is 2.28. The van der Waals surface area contributed by atoms with Gasteiger partial charge in [0.05, 0.1) is 17.5 Å². The van der Waals surface area contributed by atoms with Crippen LogP contribution in [-0.2, 0) is 15.6 Å². The van der Waals surface area contributed by atoms with Gasteiger partial charge in [0.2, 0.25) is 0 Å². The fraction of sp³-hybridized carbons (Fsp3) is 0.227. The molecular formula is C22H22N4O4S. The van der Waals surface area contributed by atoms with Gasteiger partial charge in [-0.05, 0) is 30.7 Å². The normalized spacial score (nSPS) is 12.7. The van der Waals surface area contributed by atoms with Crippen LogP contribution in [0.4, 0.5) is 0 Å². The lowest BCUT2D eigenvalue weighted by Gasteiger charge is -2.25. The SMILES string of the molecule is CC(c1ccc(-n2cncn2)cc1)N(C)C(=O)c1oc2ccccc2c1CS(C)(=O)=O. The molecule has 0 N–H and O–H groups in total. The molecule has 31 heavy (non-hydrogen) atoms. The molecule has 0 radical (unpaired) electrons. The Bertz CT molecular complexity index is 1330. The van der Waals surface area contributed by atoms with Crippen molar-refractivity contribution >= 4 is 26.7 Å². The number of amides is 1. The zero-order valence-electron chi connectivity index (χ0n) is 17.4. The number of carbonyl (C=O) groups is 1. The summed E-state index contributed by atoms with van der Waals surface area (Å²) in [6.07, 6.45) is 4.22. The Morgan fingerprint density at radius 1 is 1.16 bits per heavy atom. The van der Waals surface area contributed by atoms with E-state index < -0.39 is 9.84 Å². The predicted molar refractivity (Wildman–Crippen MR) is 117 cm³/mol. The van der Waals surface area contributed by atoms with Crippen LogP contribution in [0.3, 0.4) is 0 Å². The van der Waals surface area contributed by atoms with Crippen molar-refractivity contribution in [2.24, 2.45) is 0 Å². The fourth-order valence-corrected chi connectivity index (χ4v) is 4.29. The number of para-hydroxylation sites is 1. The van der Waals surface area contributed by atoms with E-state index in [1.54, 1.807) is 47.2 Å². The lowest BCUT2D eigenvalue weighted by atomic mass is 10.1. The second-order valence-electron chi connectivity index (χ2n) is 7.50. The average Bonchev–Trinajstić information content (AvgIpc) is 3.40. The van der Waals surface area contributed by atoms with Gasteiger partial charge in [-0.15, -0.1) is 0 Å². The summed E-state index contributed by atoms with van der Waals surface area (Å²) in [7, 11) is -1.69. The first-order valence-electron chi connectivity index (χ1n) is 9.65. The number of aromatic nitrogens is 3. The van der Waals surface area contributed by atoms with Crippen molar-refractivity contribution in [1.82, 2.24) is 19.7 Å². The number of sulfone groups is 1. The maximum absolute atomic E-state index is 13.3. The quantitative estimate of drug-likeness (QED) is 0.458. The zero-order chi connectivity index (χ0) is 22.2. The lowest BCUT2D eigenvalue weighted by Crippen LogP contribution is -2.30. The van der Waals surface area contributed by atoms with Gasteiger partial charge in [0, 0.05) is 24.3 Å². The third-order valence-electron chi connectivity index (χ3n) is 5.26. The van der Waals surface area contributed by atoms with Gasteiger partial charge >= 0.3 is 0 Å². The van der Waals surface area contributed by atoms with Crippen molar-refractivity contribution in [3.8, 4) is 5.69 Å². The van der Waals surface area contributed by atoms with Gasteiger partial charge in [0.15, 0.2) is 15.6 Å². The first kappa shape index (κ1) is 20.8. The standard InChI is InChI=1S/C22H22N4O4S/c1-15(16-8-10-17(11-9-16)26-14-23-13-24-26)25(2)22(27)21-19(12-31(3,28)29)18-6-4-5-7-20(18)30-21/h4-11,13-15H,12H2,1-3H3. The number of carbonyl (C=O) groups excluding carboxylic acids is 1. The Morgan fingerprint density at radius 2 is 1.87 bits per heavy atom. The summed E-state index contributed by atoms with van der Waals surface area (Å²) in [6.45, 7) is 1.90. The zero-order valence-corrected chi connectivity index (χ0v) is 18.2. The molecule has 1 amide bonds. The smallest absolute Gasteiger partial charge is 0.290 e. The van der Waals surface area contributed by atoms with E-state index in [-0.39, 0.29) is 23.5 Å². The van der Waals surface area contributed by atoms with Crippen LogP contribution in [0.5, 0.6) is 0 Å². The fourth-order valence-electron chi connectivity index (χ4n) is 3.48. The topological polar surface area (TPSA) is 98.3 Å². The summed E-state index contributed by atoms with van der Waals surface area (Å²) in [5, 5.41) is 4.74. The molecule has 1 unspecified atom stereocenters. The van der Waals surface area contributed by atoms with Crippen LogP contribution >= 0.6 is 0 Å². The molecule has 0 saturated heterocycles. The molecule has 2 aromatic heterocycles. The van der Waals surface area contributed by atoms with Gasteiger partial charge in [-0.3, -0.25) is 4.79 Å². The van der Waals surface area contributed by atoms with Gasteiger partial charge in [-0.2, -0.15) is 5.10 Å². The van der Waals surface area contributed by atoms with E-state index in [9.17, 15) is 13.2 Å². The first-order valence-corrected chi connectivity index (χ1v) is 11.7. The minimum Gasteiger partial charge on any atom is -0.451 e. The molecule has 0 aliphatic rings. The maximum atomic E-state index is 13.3. The van der Waals surface area contributed by atoms with E-state index in [1.165, 1.54) is 6.33 Å². The molecule has 0 fully saturated rings. The second kappa shape index (κ2) is 7.99. The summed E-state index contributed by atoms with van der Waals surface area (Å²) in [6, 6.07) is 14.4. The molecule has 0 bridgehead atoms. The van der Waals surface area contributed by atoms with E-state index >= 15 is 0 Å². The van der Waals surface area contributed by atoms with Crippen molar-refractivity contribution in [2.75, 3.05) is 13.3 Å². The van der Waals surface area contributed by atoms with E-state index in [0.717, 1.165) is 17.5 Å². The van der Waals surface area contributed by atoms with Crippen molar-refractivity contribution in [3.05, 3.63) is 78.1 Å². The Labute approximate surface area is 180 Å². The number of rotatable bonds is 6. The van der Waals surface area contributed by atoms with Gasteiger partial charge in [-0.25, -0.2) is 18.1 Å². The Hall–Kier alpha value is -3.46. The molecule has 1 atom stereocenters. The molecule has 160 valence electrons. The second-order valence-corrected chi connectivity index (χ2v) is 9.64. The lowest BCUT2D eigenvalue weighted by molar-refractivity contribution is 0.0711. The van der Waals surface area contributed by atoms with E-state index in [4.69, 9.17) is 4.42 Å². The average molecular weight is 439 g/mol. The van der Waals surface area contributed by atoms with E-state index in [1.807, 2.05) is 31.2 Å². The molecule has 4 rings (SSSR count). The molecule has 2 aromatic carbocycles. The van der Waals surface area contributed by atoms with Crippen molar-refractivity contribution in [2.45, 2.75) is 18.7 Å². The van der Waals surface area contributed by atoms with Crippen LogP contribution in [0, 0.1) is 0 Å². The monoisotopic (exact) mass is 438 g/mol. The predicted octanol–water partition coefficient (Wildman–Crippen LogP) is 3.39. The van der Waals surface area contributed by atoms with E-state index in [0.29, 0.717) is 16.5 Å². The maximum Gasteiger partial charge on any atom is 0.290 e. The number of benzene rings is 2. The summed E-state index contributed by atoms with van der Waals surface area (Å²) in [5.41, 5.74) is 2.65. The Morgan fingerprint density at radius 3 is 2.52 bits per heavy atom. The Kier molecular flexibility index (Phi) is 5.36. The number of hydrogen-bond donors (Lipinski definition) is 0. The first-order chi connectivity index (χ1) is 14.7. The minimum absolute atomic E-state index is 0.0558. The van der Waals surface area contributed by atoms with Crippen molar-refractivity contribution < 1.29 is 17.6 Å². The largest absolute Gasteiger partial charge is 0.451 e. The van der Waals surface area contributed by atoms with E-state index in [2.05, 4.69) is 10.1 Å². The van der Waals surface area contributed by atoms with Crippen molar-refractivity contribution in [1.29, 1.82) is 0 Å². The van der Waals surface area contributed by atoms with Gasteiger partial charge in [0.1, 0.15) is 18.2 Å². The van der Waals surface area contributed by atoms with Crippen LogP contribution in [0.2, 0.25) is 0 Å². The minimum atomic E-state index is -3.36. The molecular weight excluding hydrogens is 416 g/mol.